The SMILES string of the molecule is CCCCN(CCCC)CCC[C@H](O)c1c2ccc(Cl)cc2nc2ccc(OC)cc12. The van der Waals surface area contributed by atoms with Crippen molar-refractivity contribution in [2.45, 2.75) is 58.5 Å². The average molecular weight is 443 g/mol. The van der Waals surface area contributed by atoms with Crippen molar-refractivity contribution in [3.63, 3.8) is 0 Å². The van der Waals surface area contributed by atoms with Gasteiger partial charge in [0.05, 0.1) is 24.2 Å². The first kappa shape index (κ1) is 23.8. The lowest BCUT2D eigenvalue weighted by Gasteiger charge is -2.23. The molecule has 1 heterocycles. The number of aromatic nitrogens is 1. The van der Waals surface area contributed by atoms with Crippen molar-refractivity contribution in [2.75, 3.05) is 26.7 Å². The van der Waals surface area contributed by atoms with E-state index in [1.165, 1.54) is 25.7 Å². The molecule has 3 rings (SSSR count). The number of methoxy groups -OCH3 is 1. The van der Waals surface area contributed by atoms with E-state index in [4.69, 9.17) is 21.3 Å². The Balaban J connectivity index is 1.86. The van der Waals surface area contributed by atoms with E-state index in [-0.39, 0.29) is 0 Å². The van der Waals surface area contributed by atoms with Crippen LogP contribution in [0.1, 0.15) is 64.0 Å². The molecule has 0 spiro atoms. The maximum absolute atomic E-state index is 11.3. The molecule has 0 unspecified atom stereocenters. The first-order chi connectivity index (χ1) is 15.1. The molecule has 31 heavy (non-hydrogen) atoms. The van der Waals surface area contributed by atoms with Crippen LogP contribution in [0, 0.1) is 0 Å². The molecule has 0 aliphatic rings. The third-order valence-corrected chi connectivity index (χ3v) is 6.16. The van der Waals surface area contributed by atoms with Gasteiger partial charge in [-0.1, -0.05) is 44.4 Å². The minimum absolute atomic E-state index is 0.569. The van der Waals surface area contributed by atoms with Crippen LogP contribution in [0.2, 0.25) is 5.02 Å². The number of fused-ring (bicyclic) bond motifs is 2. The lowest BCUT2D eigenvalue weighted by Crippen LogP contribution is -2.27. The normalized spacial score (nSPS) is 12.7. The second-order valence-electron chi connectivity index (χ2n) is 8.28. The van der Waals surface area contributed by atoms with E-state index in [9.17, 15) is 5.11 Å². The van der Waals surface area contributed by atoms with E-state index in [0.717, 1.165) is 59.2 Å². The minimum Gasteiger partial charge on any atom is -0.497 e. The van der Waals surface area contributed by atoms with Gasteiger partial charge in [-0.3, -0.25) is 0 Å². The highest BCUT2D eigenvalue weighted by atomic mass is 35.5. The number of rotatable bonds is 12. The molecule has 5 heteroatoms. The zero-order chi connectivity index (χ0) is 22.2. The van der Waals surface area contributed by atoms with Crippen LogP contribution in [0.4, 0.5) is 0 Å². The highest BCUT2D eigenvalue weighted by Gasteiger charge is 2.18. The summed E-state index contributed by atoms with van der Waals surface area (Å²) in [4.78, 5) is 7.32. The van der Waals surface area contributed by atoms with Gasteiger partial charge in [-0.05, 0) is 81.2 Å². The number of unbranched alkanes of at least 4 members (excludes halogenated alkanes) is 2. The number of hydrogen-bond donors (Lipinski definition) is 1. The third kappa shape index (κ3) is 6.09. The van der Waals surface area contributed by atoms with Gasteiger partial charge in [0.2, 0.25) is 0 Å². The van der Waals surface area contributed by atoms with Crippen LogP contribution in [0.15, 0.2) is 36.4 Å². The molecule has 0 amide bonds. The van der Waals surface area contributed by atoms with Crippen molar-refractivity contribution in [3.8, 4) is 5.75 Å². The van der Waals surface area contributed by atoms with Gasteiger partial charge in [-0.25, -0.2) is 4.98 Å². The molecule has 1 N–H and O–H groups in total. The molecule has 2 aromatic carbocycles. The fourth-order valence-corrected chi connectivity index (χ4v) is 4.33. The van der Waals surface area contributed by atoms with Crippen molar-refractivity contribution < 1.29 is 9.84 Å². The number of benzene rings is 2. The number of nitrogens with zero attached hydrogens (tertiary/aromatic N) is 2. The summed E-state index contributed by atoms with van der Waals surface area (Å²) in [5, 5.41) is 13.8. The summed E-state index contributed by atoms with van der Waals surface area (Å²) in [5.41, 5.74) is 2.58. The third-order valence-electron chi connectivity index (χ3n) is 5.93. The molecule has 0 fully saturated rings. The minimum atomic E-state index is -0.569. The molecule has 168 valence electrons. The van der Waals surface area contributed by atoms with E-state index in [0.29, 0.717) is 11.4 Å². The predicted molar refractivity (Wildman–Crippen MR) is 131 cm³/mol. The molecule has 1 atom stereocenters. The topological polar surface area (TPSA) is 45.6 Å². The fraction of sp³-hybridized carbons (Fsp3) is 0.500. The Hall–Kier alpha value is -1.88. The van der Waals surface area contributed by atoms with Crippen molar-refractivity contribution in [2.24, 2.45) is 0 Å². The van der Waals surface area contributed by atoms with Crippen LogP contribution >= 0.6 is 11.6 Å². The van der Waals surface area contributed by atoms with Crippen molar-refractivity contribution in [1.29, 1.82) is 0 Å². The first-order valence-electron chi connectivity index (χ1n) is 11.5. The second-order valence-corrected chi connectivity index (χ2v) is 8.71. The number of aliphatic hydroxyl groups is 1. The largest absolute Gasteiger partial charge is 0.497 e. The molecule has 0 radical (unpaired) electrons. The van der Waals surface area contributed by atoms with Crippen molar-refractivity contribution in [1.82, 2.24) is 9.88 Å². The monoisotopic (exact) mass is 442 g/mol. The van der Waals surface area contributed by atoms with Crippen LogP contribution in [0.3, 0.4) is 0 Å². The Morgan fingerprint density at radius 1 is 0.935 bits per heavy atom. The molecule has 0 bridgehead atoms. The summed E-state index contributed by atoms with van der Waals surface area (Å²) < 4.78 is 5.44. The molecule has 1 aromatic heterocycles. The predicted octanol–water partition coefficient (Wildman–Crippen LogP) is 6.77. The number of aliphatic hydroxyl groups excluding tert-OH is 1. The van der Waals surface area contributed by atoms with Crippen LogP contribution in [-0.2, 0) is 0 Å². The Kier molecular flexibility index (Phi) is 8.94. The molecule has 3 aromatic rings. The van der Waals surface area contributed by atoms with Gasteiger partial charge in [0.15, 0.2) is 0 Å². The van der Waals surface area contributed by atoms with Gasteiger partial charge < -0.3 is 14.7 Å². The quantitative estimate of drug-likeness (QED) is 0.314. The Bertz CT molecular complexity index is 984. The van der Waals surface area contributed by atoms with E-state index in [2.05, 4.69) is 18.7 Å². The van der Waals surface area contributed by atoms with Gasteiger partial charge in [0.25, 0.3) is 0 Å². The number of ether oxygens (including phenoxy) is 1. The van der Waals surface area contributed by atoms with Crippen molar-refractivity contribution >= 4 is 33.4 Å². The summed E-state index contributed by atoms with van der Waals surface area (Å²) in [7, 11) is 1.66. The Morgan fingerprint density at radius 3 is 2.32 bits per heavy atom. The van der Waals surface area contributed by atoms with E-state index in [1.807, 2.05) is 36.4 Å². The first-order valence-corrected chi connectivity index (χ1v) is 11.9. The molecular weight excluding hydrogens is 408 g/mol. The Labute approximate surface area is 191 Å². The van der Waals surface area contributed by atoms with Crippen molar-refractivity contribution in [3.05, 3.63) is 47.0 Å². The second kappa shape index (κ2) is 11.7. The van der Waals surface area contributed by atoms with E-state index >= 15 is 0 Å². The van der Waals surface area contributed by atoms with Crippen LogP contribution < -0.4 is 4.74 Å². The summed E-state index contributed by atoms with van der Waals surface area (Å²) in [6, 6.07) is 11.5. The maximum atomic E-state index is 11.3. The summed E-state index contributed by atoms with van der Waals surface area (Å²) in [6.45, 7) is 7.78. The standard InChI is InChI=1S/C26H35ClN2O2/c1-4-6-14-29(15-7-5-2)16-8-9-25(30)26-21-12-10-19(27)17-24(21)28-23-13-11-20(31-3)18-22(23)26/h10-13,17-18,25,30H,4-9,14-16H2,1-3H3/t25-/m0/s1. The maximum Gasteiger partial charge on any atom is 0.119 e. The van der Waals surface area contributed by atoms with Crippen LogP contribution in [0.25, 0.3) is 21.8 Å². The summed E-state index contributed by atoms with van der Waals surface area (Å²) in [6.07, 6.45) is 5.98. The lowest BCUT2D eigenvalue weighted by molar-refractivity contribution is 0.157. The number of hydrogen-bond acceptors (Lipinski definition) is 4. The van der Waals surface area contributed by atoms with Gasteiger partial charge in [0, 0.05) is 15.8 Å². The molecule has 4 nitrogen and oxygen atoms in total. The van der Waals surface area contributed by atoms with Gasteiger partial charge in [-0.15, -0.1) is 0 Å². The molecule has 0 saturated carbocycles. The van der Waals surface area contributed by atoms with Gasteiger partial charge in [-0.2, -0.15) is 0 Å². The summed E-state index contributed by atoms with van der Waals surface area (Å²) in [5.74, 6) is 0.765. The molecule has 0 aliphatic carbocycles. The van der Waals surface area contributed by atoms with Gasteiger partial charge in [0.1, 0.15) is 5.75 Å². The van der Waals surface area contributed by atoms with Gasteiger partial charge >= 0.3 is 0 Å². The van der Waals surface area contributed by atoms with Crippen LogP contribution in [-0.4, -0.2) is 41.7 Å². The fourth-order valence-electron chi connectivity index (χ4n) is 4.17. The highest BCUT2D eigenvalue weighted by Crippen LogP contribution is 2.35. The Morgan fingerprint density at radius 2 is 1.65 bits per heavy atom. The highest BCUT2D eigenvalue weighted by molar-refractivity contribution is 6.31. The number of pyridine rings is 1. The number of halogens is 1. The molecular formula is C26H35ClN2O2. The zero-order valence-corrected chi connectivity index (χ0v) is 19.8. The molecule has 0 saturated heterocycles. The zero-order valence-electron chi connectivity index (χ0n) is 19.0. The van der Waals surface area contributed by atoms with Crippen LogP contribution in [0.5, 0.6) is 5.75 Å². The summed E-state index contributed by atoms with van der Waals surface area (Å²) >= 11 is 6.22. The lowest BCUT2D eigenvalue weighted by atomic mass is 9.95. The average Bonchev–Trinajstić information content (AvgIpc) is 2.78. The van der Waals surface area contributed by atoms with E-state index in [1.54, 1.807) is 7.11 Å². The smallest absolute Gasteiger partial charge is 0.119 e. The van der Waals surface area contributed by atoms with E-state index < -0.39 is 6.10 Å². The molecule has 0 aliphatic heterocycles.